The van der Waals surface area contributed by atoms with E-state index in [1.807, 2.05) is 46.0 Å². The highest BCUT2D eigenvalue weighted by molar-refractivity contribution is 5.96. The zero-order valence-electron chi connectivity index (χ0n) is 14.7. The lowest BCUT2D eigenvalue weighted by molar-refractivity contribution is 0.0727. The number of hydrogen-bond acceptors (Lipinski definition) is 3. The number of fused-ring (bicyclic) bond motifs is 1. The van der Waals surface area contributed by atoms with Gasteiger partial charge in [-0.05, 0) is 37.0 Å². The predicted molar refractivity (Wildman–Crippen MR) is 95.3 cm³/mol. The minimum atomic E-state index is 0.0109. The summed E-state index contributed by atoms with van der Waals surface area (Å²) in [5.41, 5.74) is 1.76. The van der Waals surface area contributed by atoms with Crippen LogP contribution in [0.5, 0.6) is 0 Å². The molecule has 0 unspecified atom stereocenters. The molecule has 1 fully saturated rings. The van der Waals surface area contributed by atoms with Crippen LogP contribution in [0.4, 0.5) is 0 Å². The maximum absolute atomic E-state index is 13.1. The van der Waals surface area contributed by atoms with Gasteiger partial charge in [0.2, 0.25) is 0 Å². The number of carbonyl (C=O) groups excluding carboxylic acids is 1. The van der Waals surface area contributed by atoms with Crippen LogP contribution < -0.4 is 0 Å². The van der Waals surface area contributed by atoms with E-state index in [1.54, 1.807) is 6.33 Å². The van der Waals surface area contributed by atoms with Crippen molar-refractivity contribution in [2.24, 2.45) is 5.92 Å². The smallest absolute Gasteiger partial charge is 0.256 e. The number of pyridine rings is 1. The highest BCUT2D eigenvalue weighted by Gasteiger charge is 2.34. The van der Waals surface area contributed by atoms with Crippen molar-refractivity contribution in [2.45, 2.75) is 39.3 Å². The number of nitrogens with zero attached hydrogens (tertiary/aromatic N) is 5. The van der Waals surface area contributed by atoms with Crippen molar-refractivity contribution in [1.82, 2.24) is 24.1 Å². The number of carbonyl (C=O) groups is 1. The number of hydrogen-bond donors (Lipinski definition) is 0. The molecule has 6 nitrogen and oxygen atoms in total. The zero-order valence-corrected chi connectivity index (χ0v) is 14.7. The summed E-state index contributed by atoms with van der Waals surface area (Å²) in [5, 5.41) is 8.43. The first-order valence-electron chi connectivity index (χ1n) is 8.89. The van der Waals surface area contributed by atoms with E-state index in [0.29, 0.717) is 5.92 Å². The van der Waals surface area contributed by atoms with Crippen molar-refractivity contribution in [1.29, 1.82) is 0 Å². The molecule has 6 heteroatoms. The molecule has 1 saturated heterocycles. The monoisotopic (exact) mass is 337 g/mol. The fraction of sp³-hybridized carbons (Fsp3) is 0.421. The fourth-order valence-electron chi connectivity index (χ4n) is 3.67. The molecule has 1 amide bonds. The first-order valence-corrected chi connectivity index (χ1v) is 8.89. The molecule has 3 aromatic rings. The second-order valence-electron chi connectivity index (χ2n) is 7.15. The van der Waals surface area contributed by atoms with Gasteiger partial charge in [-0.15, -0.1) is 10.2 Å². The average molecular weight is 337 g/mol. The van der Waals surface area contributed by atoms with Gasteiger partial charge < -0.3 is 13.9 Å². The van der Waals surface area contributed by atoms with E-state index in [9.17, 15) is 4.79 Å². The SMILES string of the molecule is CC(C)Cn1cnnc1[C@H]1CCCN1C(=O)c1cc2ccccn2c1. The third-order valence-electron chi connectivity index (χ3n) is 4.77. The highest BCUT2D eigenvalue weighted by atomic mass is 16.2. The molecule has 0 aromatic carbocycles. The number of amides is 1. The van der Waals surface area contributed by atoms with Crippen molar-refractivity contribution in [3.8, 4) is 0 Å². The second-order valence-corrected chi connectivity index (χ2v) is 7.15. The van der Waals surface area contributed by atoms with E-state index in [-0.39, 0.29) is 11.9 Å². The summed E-state index contributed by atoms with van der Waals surface area (Å²) >= 11 is 0. The van der Waals surface area contributed by atoms with Crippen LogP contribution >= 0.6 is 0 Å². The Bertz CT molecular complexity index is 861. The van der Waals surface area contributed by atoms with Gasteiger partial charge in [0.15, 0.2) is 5.82 Å². The Morgan fingerprint density at radius 3 is 3.04 bits per heavy atom. The summed E-state index contributed by atoms with van der Waals surface area (Å²) in [6.07, 6.45) is 7.59. The van der Waals surface area contributed by atoms with Crippen LogP contribution in [-0.2, 0) is 6.54 Å². The Balaban J connectivity index is 1.63. The number of rotatable bonds is 4. The molecule has 130 valence electrons. The van der Waals surface area contributed by atoms with Gasteiger partial charge >= 0.3 is 0 Å². The molecule has 1 atom stereocenters. The molecule has 1 aliphatic rings. The fourth-order valence-corrected chi connectivity index (χ4v) is 3.67. The van der Waals surface area contributed by atoms with Gasteiger partial charge in [0, 0.05) is 31.0 Å². The molecule has 4 heterocycles. The summed E-state index contributed by atoms with van der Waals surface area (Å²) in [7, 11) is 0. The van der Waals surface area contributed by atoms with Crippen molar-refractivity contribution in [3.05, 3.63) is 54.4 Å². The molecule has 3 aromatic heterocycles. The minimum absolute atomic E-state index is 0.0109. The van der Waals surface area contributed by atoms with E-state index in [4.69, 9.17) is 0 Å². The van der Waals surface area contributed by atoms with Gasteiger partial charge in [0.1, 0.15) is 6.33 Å². The van der Waals surface area contributed by atoms with Gasteiger partial charge in [-0.2, -0.15) is 0 Å². The topological polar surface area (TPSA) is 55.4 Å². The van der Waals surface area contributed by atoms with E-state index >= 15 is 0 Å². The molecule has 1 aliphatic heterocycles. The highest BCUT2D eigenvalue weighted by Crippen LogP contribution is 2.32. The predicted octanol–water partition coefficient (Wildman–Crippen LogP) is 3.16. The molecule has 0 spiro atoms. The largest absolute Gasteiger partial charge is 0.328 e. The summed E-state index contributed by atoms with van der Waals surface area (Å²) in [5.74, 6) is 1.49. The third kappa shape index (κ3) is 2.92. The first kappa shape index (κ1) is 15.9. The van der Waals surface area contributed by atoms with Gasteiger partial charge in [-0.1, -0.05) is 19.9 Å². The van der Waals surface area contributed by atoms with Crippen LogP contribution in [-0.4, -0.2) is 36.5 Å². The van der Waals surface area contributed by atoms with Crippen LogP contribution in [0.3, 0.4) is 0 Å². The number of likely N-dealkylation sites (tertiary alicyclic amines) is 1. The van der Waals surface area contributed by atoms with Crippen molar-refractivity contribution < 1.29 is 4.79 Å². The van der Waals surface area contributed by atoms with Crippen LogP contribution in [0.15, 0.2) is 43.0 Å². The van der Waals surface area contributed by atoms with E-state index < -0.39 is 0 Å². The van der Waals surface area contributed by atoms with Crippen molar-refractivity contribution in [2.75, 3.05) is 6.54 Å². The molecule has 0 radical (unpaired) electrons. The normalized spacial score (nSPS) is 17.7. The number of aromatic nitrogens is 4. The average Bonchev–Trinajstić information content (AvgIpc) is 3.31. The molecule has 0 saturated carbocycles. The Morgan fingerprint density at radius 2 is 2.24 bits per heavy atom. The standard InChI is InChI=1S/C19H23N5O/c1-14(2)11-23-13-20-21-18(23)17-7-5-9-24(17)19(25)15-10-16-6-3-4-8-22(16)12-15/h3-4,6,8,10,12-14,17H,5,7,9,11H2,1-2H3/t17-/m1/s1. The second kappa shape index (κ2) is 6.35. The van der Waals surface area contributed by atoms with Gasteiger partial charge in [-0.25, -0.2) is 0 Å². The van der Waals surface area contributed by atoms with Crippen LogP contribution in [0.25, 0.3) is 5.52 Å². The van der Waals surface area contributed by atoms with Crippen molar-refractivity contribution >= 4 is 11.4 Å². The maximum atomic E-state index is 13.1. The lowest BCUT2D eigenvalue weighted by Crippen LogP contribution is -2.32. The Morgan fingerprint density at radius 1 is 1.36 bits per heavy atom. The molecule has 0 bridgehead atoms. The lowest BCUT2D eigenvalue weighted by atomic mass is 10.1. The van der Waals surface area contributed by atoms with E-state index in [0.717, 1.165) is 42.8 Å². The summed E-state index contributed by atoms with van der Waals surface area (Å²) in [4.78, 5) is 15.1. The zero-order chi connectivity index (χ0) is 17.4. The summed E-state index contributed by atoms with van der Waals surface area (Å²) in [6, 6.07) is 7.93. The van der Waals surface area contributed by atoms with Crippen molar-refractivity contribution in [3.63, 3.8) is 0 Å². The van der Waals surface area contributed by atoms with Crippen LogP contribution in [0, 0.1) is 5.92 Å². The molecule has 25 heavy (non-hydrogen) atoms. The molecular formula is C19H23N5O. The Labute approximate surface area is 147 Å². The summed E-state index contributed by atoms with van der Waals surface area (Å²) in [6.45, 7) is 5.99. The molecule has 0 aliphatic carbocycles. The molecule has 0 N–H and O–H groups in total. The third-order valence-corrected chi connectivity index (χ3v) is 4.77. The quantitative estimate of drug-likeness (QED) is 0.735. The van der Waals surface area contributed by atoms with E-state index in [2.05, 4.69) is 28.6 Å². The van der Waals surface area contributed by atoms with Gasteiger partial charge in [0.25, 0.3) is 5.91 Å². The minimum Gasteiger partial charge on any atom is -0.328 e. The van der Waals surface area contributed by atoms with Gasteiger partial charge in [-0.3, -0.25) is 4.79 Å². The lowest BCUT2D eigenvalue weighted by Gasteiger charge is -2.24. The Hall–Kier alpha value is -2.63. The van der Waals surface area contributed by atoms with Gasteiger partial charge in [0.05, 0.1) is 11.6 Å². The van der Waals surface area contributed by atoms with Crippen LogP contribution in [0.1, 0.15) is 48.9 Å². The molecular weight excluding hydrogens is 314 g/mol. The summed E-state index contributed by atoms with van der Waals surface area (Å²) < 4.78 is 4.08. The van der Waals surface area contributed by atoms with E-state index in [1.165, 1.54) is 0 Å². The van der Waals surface area contributed by atoms with Crippen LogP contribution in [0.2, 0.25) is 0 Å². The Kier molecular flexibility index (Phi) is 4.03. The maximum Gasteiger partial charge on any atom is 0.256 e. The molecule has 4 rings (SSSR count). The first-order chi connectivity index (χ1) is 12.1.